The summed E-state index contributed by atoms with van der Waals surface area (Å²) in [7, 11) is 0. The Morgan fingerprint density at radius 3 is 2.75 bits per heavy atom. The van der Waals surface area contributed by atoms with Gasteiger partial charge in [-0.3, -0.25) is 4.79 Å². The van der Waals surface area contributed by atoms with Gasteiger partial charge in [-0.15, -0.1) is 11.8 Å². The molecular weight excluding hydrogens is 170 g/mol. The van der Waals surface area contributed by atoms with Crippen LogP contribution < -0.4 is 5.73 Å². The van der Waals surface area contributed by atoms with Gasteiger partial charge in [-0.25, -0.2) is 0 Å². The van der Waals surface area contributed by atoms with E-state index in [4.69, 9.17) is 5.73 Å². The highest BCUT2D eigenvalue weighted by molar-refractivity contribution is 7.99. The topological polar surface area (TPSA) is 43.1 Å². The Labute approximate surface area is 76.2 Å². The number of benzene rings is 1. The largest absolute Gasteiger partial charge is 0.366 e. The zero-order valence-corrected chi connectivity index (χ0v) is 7.73. The first-order valence-corrected chi connectivity index (χ1v) is 4.76. The molecule has 0 bridgehead atoms. The molecule has 0 aliphatic rings. The molecule has 0 fully saturated rings. The number of hydrogen-bond acceptors (Lipinski definition) is 2. The maximum Gasteiger partial charge on any atom is 0.249 e. The summed E-state index contributed by atoms with van der Waals surface area (Å²) in [6.45, 7) is 2.04. The molecule has 2 N–H and O–H groups in total. The molecule has 0 unspecified atom stereocenters. The van der Waals surface area contributed by atoms with Crippen molar-refractivity contribution in [1.82, 2.24) is 0 Å². The molecule has 0 saturated carbocycles. The van der Waals surface area contributed by atoms with Crippen molar-refractivity contribution in [2.24, 2.45) is 5.73 Å². The molecule has 64 valence electrons. The van der Waals surface area contributed by atoms with Crippen molar-refractivity contribution < 1.29 is 4.79 Å². The summed E-state index contributed by atoms with van der Waals surface area (Å²) < 4.78 is 0. The standard InChI is InChI=1S/C9H11NOS/c1-2-12-8-6-4-3-5-7(8)9(10)11/h3-6H,2H2,1H3,(H2,10,11). The number of amides is 1. The minimum absolute atomic E-state index is 0.355. The number of hydrogen-bond donors (Lipinski definition) is 1. The summed E-state index contributed by atoms with van der Waals surface area (Å²) in [5.41, 5.74) is 5.81. The van der Waals surface area contributed by atoms with Crippen LogP contribution in [-0.2, 0) is 0 Å². The lowest BCUT2D eigenvalue weighted by Crippen LogP contribution is -2.11. The van der Waals surface area contributed by atoms with Gasteiger partial charge in [0.25, 0.3) is 0 Å². The van der Waals surface area contributed by atoms with Crippen LogP contribution in [0.5, 0.6) is 0 Å². The normalized spacial score (nSPS) is 9.75. The van der Waals surface area contributed by atoms with Crippen LogP contribution in [0.25, 0.3) is 0 Å². The van der Waals surface area contributed by atoms with Gasteiger partial charge in [0.05, 0.1) is 5.56 Å². The maximum absolute atomic E-state index is 10.9. The van der Waals surface area contributed by atoms with Crippen LogP contribution in [0.4, 0.5) is 0 Å². The molecule has 12 heavy (non-hydrogen) atoms. The molecule has 1 rings (SSSR count). The van der Waals surface area contributed by atoms with Gasteiger partial charge in [0.2, 0.25) is 5.91 Å². The Hall–Kier alpha value is -0.960. The highest BCUT2D eigenvalue weighted by Crippen LogP contribution is 2.21. The number of primary amides is 1. The van der Waals surface area contributed by atoms with Gasteiger partial charge in [-0.05, 0) is 17.9 Å². The summed E-state index contributed by atoms with van der Waals surface area (Å²) in [5, 5.41) is 0. The lowest BCUT2D eigenvalue weighted by molar-refractivity contribution is 0.0997. The highest BCUT2D eigenvalue weighted by Gasteiger charge is 2.05. The third-order valence-electron chi connectivity index (χ3n) is 1.45. The van der Waals surface area contributed by atoms with Crippen LogP contribution in [-0.4, -0.2) is 11.7 Å². The van der Waals surface area contributed by atoms with E-state index in [0.717, 1.165) is 10.6 Å². The van der Waals surface area contributed by atoms with E-state index in [1.807, 2.05) is 25.1 Å². The Bertz CT molecular complexity index is 286. The van der Waals surface area contributed by atoms with Crippen molar-refractivity contribution in [3.63, 3.8) is 0 Å². The smallest absolute Gasteiger partial charge is 0.249 e. The van der Waals surface area contributed by atoms with Crippen molar-refractivity contribution in [2.45, 2.75) is 11.8 Å². The lowest BCUT2D eigenvalue weighted by atomic mass is 10.2. The quantitative estimate of drug-likeness (QED) is 0.724. The Morgan fingerprint density at radius 1 is 1.50 bits per heavy atom. The minimum atomic E-state index is -0.355. The molecule has 0 aromatic heterocycles. The van der Waals surface area contributed by atoms with Crippen LogP contribution in [0.1, 0.15) is 17.3 Å². The zero-order valence-electron chi connectivity index (χ0n) is 6.91. The highest BCUT2D eigenvalue weighted by atomic mass is 32.2. The SMILES string of the molecule is CCSc1ccccc1C(N)=O. The lowest BCUT2D eigenvalue weighted by Gasteiger charge is -2.02. The van der Waals surface area contributed by atoms with E-state index in [1.54, 1.807) is 17.8 Å². The number of rotatable bonds is 3. The van der Waals surface area contributed by atoms with E-state index >= 15 is 0 Å². The molecule has 1 amide bonds. The molecule has 0 spiro atoms. The Morgan fingerprint density at radius 2 is 2.17 bits per heavy atom. The molecule has 1 aromatic carbocycles. The summed E-state index contributed by atoms with van der Waals surface area (Å²) in [4.78, 5) is 11.9. The van der Waals surface area contributed by atoms with Gasteiger partial charge in [0, 0.05) is 4.90 Å². The first-order chi connectivity index (χ1) is 5.75. The maximum atomic E-state index is 10.9. The van der Waals surface area contributed by atoms with Crippen LogP contribution in [0.2, 0.25) is 0 Å². The van der Waals surface area contributed by atoms with E-state index in [-0.39, 0.29) is 5.91 Å². The van der Waals surface area contributed by atoms with Crippen LogP contribution in [0, 0.1) is 0 Å². The Kier molecular flexibility index (Phi) is 3.17. The van der Waals surface area contributed by atoms with E-state index in [0.29, 0.717) is 5.56 Å². The van der Waals surface area contributed by atoms with Crippen LogP contribution in [0.15, 0.2) is 29.2 Å². The van der Waals surface area contributed by atoms with Crippen molar-refractivity contribution in [2.75, 3.05) is 5.75 Å². The molecule has 0 radical (unpaired) electrons. The fraction of sp³-hybridized carbons (Fsp3) is 0.222. The second-order valence-corrected chi connectivity index (χ2v) is 3.60. The van der Waals surface area contributed by atoms with Crippen molar-refractivity contribution in [3.8, 4) is 0 Å². The summed E-state index contributed by atoms with van der Waals surface area (Å²) in [5.74, 6) is 0.594. The van der Waals surface area contributed by atoms with Gasteiger partial charge in [-0.2, -0.15) is 0 Å². The summed E-state index contributed by atoms with van der Waals surface area (Å²) in [6, 6.07) is 7.39. The number of carbonyl (C=O) groups excluding carboxylic acids is 1. The van der Waals surface area contributed by atoms with Crippen LogP contribution >= 0.6 is 11.8 Å². The average molecular weight is 181 g/mol. The minimum Gasteiger partial charge on any atom is -0.366 e. The molecule has 3 heteroatoms. The van der Waals surface area contributed by atoms with E-state index in [2.05, 4.69) is 0 Å². The molecule has 0 aliphatic carbocycles. The van der Waals surface area contributed by atoms with Gasteiger partial charge in [-0.1, -0.05) is 19.1 Å². The number of carbonyl (C=O) groups is 1. The van der Waals surface area contributed by atoms with Crippen molar-refractivity contribution >= 4 is 17.7 Å². The van der Waals surface area contributed by atoms with E-state index in [1.165, 1.54) is 0 Å². The third kappa shape index (κ3) is 2.01. The predicted molar refractivity (Wildman–Crippen MR) is 51.4 cm³/mol. The van der Waals surface area contributed by atoms with E-state index < -0.39 is 0 Å². The molecule has 0 atom stereocenters. The van der Waals surface area contributed by atoms with Crippen LogP contribution in [0.3, 0.4) is 0 Å². The van der Waals surface area contributed by atoms with Gasteiger partial charge >= 0.3 is 0 Å². The molecular formula is C9H11NOS. The van der Waals surface area contributed by atoms with Gasteiger partial charge < -0.3 is 5.73 Å². The molecule has 1 aromatic rings. The second-order valence-electron chi connectivity index (χ2n) is 2.29. The molecule has 0 aliphatic heterocycles. The third-order valence-corrected chi connectivity index (χ3v) is 2.41. The van der Waals surface area contributed by atoms with Crippen molar-refractivity contribution in [3.05, 3.63) is 29.8 Å². The number of thioether (sulfide) groups is 1. The monoisotopic (exact) mass is 181 g/mol. The molecule has 2 nitrogen and oxygen atoms in total. The molecule has 0 heterocycles. The Balaban J connectivity index is 3.00. The first-order valence-electron chi connectivity index (χ1n) is 3.77. The van der Waals surface area contributed by atoms with Gasteiger partial charge in [0.1, 0.15) is 0 Å². The first kappa shape index (κ1) is 9.13. The average Bonchev–Trinajstić information content (AvgIpc) is 2.05. The van der Waals surface area contributed by atoms with Gasteiger partial charge in [0.15, 0.2) is 0 Å². The molecule has 0 saturated heterocycles. The zero-order chi connectivity index (χ0) is 8.97. The second kappa shape index (κ2) is 4.16. The summed E-state index contributed by atoms with van der Waals surface area (Å²) >= 11 is 1.63. The predicted octanol–water partition coefficient (Wildman–Crippen LogP) is 1.90. The number of nitrogens with two attached hydrogens (primary N) is 1. The van der Waals surface area contributed by atoms with E-state index in [9.17, 15) is 4.79 Å². The summed E-state index contributed by atoms with van der Waals surface area (Å²) in [6.07, 6.45) is 0. The fourth-order valence-corrected chi connectivity index (χ4v) is 1.76. The fourth-order valence-electron chi connectivity index (χ4n) is 0.952. The van der Waals surface area contributed by atoms with Crippen molar-refractivity contribution in [1.29, 1.82) is 0 Å².